The second-order valence-electron chi connectivity index (χ2n) is 5.86. The summed E-state index contributed by atoms with van der Waals surface area (Å²) in [6.45, 7) is 4.96. The van der Waals surface area contributed by atoms with Gasteiger partial charge in [-0.05, 0) is 32.3 Å². The van der Waals surface area contributed by atoms with E-state index in [2.05, 4.69) is 29.1 Å². The second-order valence-corrected chi connectivity index (χ2v) is 7.06. The predicted molar refractivity (Wildman–Crippen MR) is 85.4 cm³/mol. The quantitative estimate of drug-likeness (QED) is 0.909. The van der Waals surface area contributed by atoms with Gasteiger partial charge in [0.25, 0.3) is 0 Å². The molecule has 4 nitrogen and oxygen atoms in total. The van der Waals surface area contributed by atoms with Crippen LogP contribution in [0.25, 0.3) is 10.2 Å². The number of hydrogen-bond acceptors (Lipinski definition) is 5. The number of nitrogens with zero attached hydrogens (tertiary/aromatic N) is 2. The lowest BCUT2D eigenvalue weighted by molar-refractivity contribution is 0.330. The molecule has 2 heterocycles. The van der Waals surface area contributed by atoms with Crippen molar-refractivity contribution < 1.29 is 0 Å². The molecule has 2 aromatic heterocycles. The van der Waals surface area contributed by atoms with Gasteiger partial charge < -0.3 is 11.1 Å². The van der Waals surface area contributed by atoms with Crippen LogP contribution < -0.4 is 11.1 Å². The smallest absolute Gasteiger partial charge is 0.138 e. The topological polar surface area (TPSA) is 63.8 Å². The van der Waals surface area contributed by atoms with Crippen LogP contribution in [0, 0.1) is 13.8 Å². The summed E-state index contributed by atoms with van der Waals surface area (Å²) in [6, 6.07) is 0. The Morgan fingerprint density at radius 2 is 2.00 bits per heavy atom. The molecule has 0 saturated heterocycles. The van der Waals surface area contributed by atoms with Gasteiger partial charge in [0.2, 0.25) is 0 Å². The van der Waals surface area contributed by atoms with E-state index < -0.39 is 0 Å². The number of nitrogens with two attached hydrogens (primary N) is 1. The Bertz CT molecular complexity index is 614. The Morgan fingerprint density at radius 1 is 1.25 bits per heavy atom. The number of fused-ring (bicyclic) bond motifs is 1. The van der Waals surface area contributed by atoms with E-state index in [0.717, 1.165) is 23.5 Å². The molecule has 0 bridgehead atoms. The molecule has 108 valence electrons. The van der Waals surface area contributed by atoms with E-state index in [1.54, 1.807) is 17.7 Å². The molecule has 0 atom stereocenters. The molecule has 3 N–H and O–H groups in total. The lowest BCUT2D eigenvalue weighted by Gasteiger charge is -2.37. The van der Waals surface area contributed by atoms with Gasteiger partial charge in [0.05, 0.1) is 10.9 Å². The van der Waals surface area contributed by atoms with Crippen LogP contribution in [0.3, 0.4) is 0 Å². The molecule has 0 amide bonds. The van der Waals surface area contributed by atoms with Gasteiger partial charge in [-0.25, -0.2) is 9.97 Å². The molecular formula is C15H22N4S. The zero-order valence-electron chi connectivity index (χ0n) is 12.2. The van der Waals surface area contributed by atoms with Gasteiger partial charge in [-0.1, -0.05) is 19.3 Å². The Kier molecular flexibility index (Phi) is 3.65. The Balaban J connectivity index is 2.01. The first-order valence-corrected chi connectivity index (χ1v) is 8.16. The third-order valence-electron chi connectivity index (χ3n) is 4.55. The highest BCUT2D eigenvalue weighted by molar-refractivity contribution is 7.18. The highest BCUT2D eigenvalue weighted by atomic mass is 32.1. The lowest BCUT2D eigenvalue weighted by atomic mass is 9.81. The molecule has 5 heteroatoms. The number of anilines is 1. The molecule has 0 radical (unpaired) electrons. The molecular weight excluding hydrogens is 268 g/mol. The van der Waals surface area contributed by atoms with Crippen LogP contribution in [-0.4, -0.2) is 22.1 Å². The van der Waals surface area contributed by atoms with Crippen LogP contribution in [0.2, 0.25) is 0 Å². The number of hydrogen-bond donors (Lipinski definition) is 2. The highest BCUT2D eigenvalue weighted by Gasteiger charge is 2.31. The van der Waals surface area contributed by atoms with Gasteiger partial charge in [0, 0.05) is 11.4 Å². The summed E-state index contributed by atoms with van der Waals surface area (Å²) in [5.41, 5.74) is 7.37. The lowest BCUT2D eigenvalue weighted by Crippen LogP contribution is -2.47. The molecule has 3 rings (SSSR count). The van der Waals surface area contributed by atoms with Crippen molar-refractivity contribution in [3.05, 3.63) is 16.8 Å². The third-order valence-corrected chi connectivity index (χ3v) is 5.67. The Morgan fingerprint density at radius 3 is 2.70 bits per heavy atom. The first-order valence-electron chi connectivity index (χ1n) is 7.34. The van der Waals surface area contributed by atoms with Gasteiger partial charge in [-0.2, -0.15) is 0 Å². The van der Waals surface area contributed by atoms with Crippen LogP contribution >= 0.6 is 11.3 Å². The molecule has 1 aliphatic rings. The maximum Gasteiger partial charge on any atom is 0.138 e. The summed E-state index contributed by atoms with van der Waals surface area (Å²) < 4.78 is 0. The molecule has 0 aromatic carbocycles. The monoisotopic (exact) mass is 290 g/mol. The number of nitrogens with one attached hydrogen (secondary N) is 1. The average Bonchev–Trinajstić information content (AvgIpc) is 2.76. The minimum Gasteiger partial charge on any atom is -0.363 e. The first kappa shape index (κ1) is 13.8. The number of aromatic nitrogens is 2. The molecule has 0 unspecified atom stereocenters. The fourth-order valence-corrected chi connectivity index (χ4v) is 4.13. The summed E-state index contributed by atoms with van der Waals surface area (Å²) >= 11 is 1.74. The van der Waals surface area contributed by atoms with Crippen LogP contribution in [0.4, 0.5) is 5.82 Å². The Labute approximate surface area is 123 Å². The van der Waals surface area contributed by atoms with Gasteiger partial charge >= 0.3 is 0 Å². The van der Waals surface area contributed by atoms with Crippen LogP contribution in [-0.2, 0) is 0 Å². The van der Waals surface area contributed by atoms with Gasteiger partial charge in [0.15, 0.2) is 0 Å². The summed E-state index contributed by atoms with van der Waals surface area (Å²) in [5.74, 6) is 0.962. The van der Waals surface area contributed by atoms with Crippen molar-refractivity contribution in [3.8, 4) is 0 Å². The molecule has 1 saturated carbocycles. The van der Waals surface area contributed by atoms with E-state index in [-0.39, 0.29) is 5.54 Å². The van der Waals surface area contributed by atoms with Crippen LogP contribution in [0.1, 0.15) is 42.5 Å². The summed E-state index contributed by atoms with van der Waals surface area (Å²) in [4.78, 5) is 11.3. The SMILES string of the molecule is Cc1sc2ncnc(NC3(CN)CCCCC3)c2c1C. The highest BCUT2D eigenvalue weighted by Crippen LogP contribution is 2.36. The zero-order chi connectivity index (χ0) is 14.2. The van der Waals surface area contributed by atoms with Crippen molar-refractivity contribution in [1.82, 2.24) is 9.97 Å². The molecule has 1 aliphatic carbocycles. The van der Waals surface area contributed by atoms with Crippen molar-refractivity contribution in [1.29, 1.82) is 0 Å². The molecule has 0 aliphatic heterocycles. The summed E-state index contributed by atoms with van der Waals surface area (Å²) in [6.07, 6.45) is 7.75. The average molecular weight is 290 g/mol. The molecule has 20 heavy (non-hydrogen) atoms. The molecule has 0 spiro atoms. The fourth-order valence-electron chi connectivity index (χ4n) is 3.14. The predicted octanol–water partition coefficient (Wildman–Crippen LogP) is 3.38. The van der Waals surface area contributed by atoms with Crippen LogP contribution in [0.5, 0.6) is 0 Å². The van der Waals surface area contributed by atoms with Crippen molar-refractivity contribution >= 4 is 27.4 Å². The minimum absolute atomic E-state index is 0.0157. The minimum atomic E-state index is 0.0157. The van der Waals surface area contributed by atoms with Gasteiger partial charge in [0.1, 0.15) is 17.0 Å². The largest absolute Gasteiger partial charge is 0.363 e. The van der Waals surface area contributed by atoms with Gasteiger partial charge in [-0.3, -0.25) is 0 Å². The van der Waals surface area contributed by atoms with Crippen molar-refractivity contribution in [2.24, 2.45) is 5.73 Å². The molecule has 2 aromatic rings. The van der Waals surface area contributed by atoms with Crippen molar-refractivity contribution in [2.75, 3.05) is 11.9 Å². The van der Waals surface area contributed by atoms with E-state index in [9.17, 15) is 0 Å². The van der Waals surface area contributed by atoms with E-state index in [4.69, 9.17) is 5.73 Å². The number of aryl methyl sites for hydroxylation is 2. The first-order chi connectivity index (χ1) is 9.65. The van der Waals surface area contributed by atoms with E-state index >= 15 is 0 Å². The van der Waals surface area contributed by atoms with E-state index in [1.165, 1.54) is 35.1 Å². The normalized spacial score (nSPS) is 18.4. The third kappa shape index (κ3) is 2.29. The van der Waals surface area contributed by atoms with Crippen molar-refractivity contribution in [2.45, 2.75) is 51.5 Å². The standard InChI is InChI=1S/C15H22N4S/c1-10-11(2)20-14-12(10)13(17-9-18-14)19-15(8-16)6-4-3-5-7-15/h9H,3-8,16H2,1-2H3,(H,17,18,19). The molecule has 1 fully saturated rings. The van der Waals surface area contributed by atoms with Crippen LogP contribution in [0.15, 0.2) is 6.33 Å². The second kappa shape index (κ2) is 5.30. The van der Waals surface area contributed by atoms with Crippen molar-refractivity contribution in [3.63, 3.8) is 0 Å². The van der Waals surface area contributed by atoms with Gasteiger partial charge in [-0.15, -0.1) is 11.3 Å². The summed E-state index contributed by atoms with van der Waals surface area (Å²) in [7, 11) is 0. The maximum absolute atomic E-state index is 6.07. The fraction of sp³-hybridized carbons (Fsp3) is 0.600. The van der Waals surface area contributed by atoms with E-state index in [1.807, 2.05) is 0 Å². The number of thiophene rings is 1. The zero-order valence-corrected chi connectivity index (χ0v) is 13.0. The maximum atomic E-state index is 6.07. The van der Waals surface area contributed by atoms with E-state index in [0.29, 0.717) is 6.54 Å². The number of rotatable bonds is 3. The Hall–Kier alpha value is -1.20. The summed E-state index contributed by atoms with van der Waals surface area (Å²) in [5, 5.41) is 4.85.